The monoisotopic (exact) mass is 483 g/mol. The molecule has 0 amide bonds. The summed E-state index contributed by atoms with van der Waals surface area (Å²) in [7, 11) is 0. The first-order valence-electron chi connectivity index (χ1n) is 12.6. The Morgan fingerprint density at radius 3 is 2.39 bits per heavy atom. The number of benzene rings is 3. The van der Waals surface area contributed by atoms with E-state index in [0.717, 1.165) is 46.0 Å². The van der Waals surface area contributed by atoms with Crippen LogP contribution in [0.15, 0.2) is 71.9 Å². The molecule has 0 bridgehead atoms. The molecule has 5 rings (SSSR count). The number of fused-ring (bicyclic) bond motifs is 3. The van der Waals surface area contributed by atoms with E-state index in [1.54, 1.807) is 36.4 Å². The fourth-order valence-electron chi connectivity index (χ4n) is 5.33. The Bertz CT molecular complexity index is 1450. The van der Waals surface area contributed by atoms with Crippen molar-refractivity contribution in [2.75, 3.05) is 0 Å². The lowest BCUT2D eigenvalue weighted by Crippen LogP contribution is -2.08. The number of nitrogens with zero attached hydrogens (tertiary/aromatic N) is 3. The van der Waals surface area contributed by atoms with Gasteiger partial charge in [-0.05, 0) is 56.0 Å². The van der Waals surface area contributed by atoms with Gasteiger partial charge in [-0.25, -0.2) is 4.79 Å². The van der Waals surface area contributed by atoms with Gasteiger partial charge in [0.2, 0.25) is 0 Å². The van der Waals surface area contributed by atoms with Crippen LogP contribution in [-0.2, 0) is 11.4 Å². The molecule has 36 heavy (non-hydrogen) atoms. The molecule has 7 nitrogen and oxygen atoms in total. The van der Waals surface area contributed by atoms with E-state index in [4.69, 9.17) is 4.84 Å². The number of hydrogen-bond donors (Lipinski definition) is 0. The van der Waals surface area contributed by atoms with Gasteiger partial charge in [-0.1, -0.05) is 55.1 Å². The van der Waals surface area contributed by atoms with Gasteiger partial charge >= 0.3 is 5.97 Å². The minimum Gasteiger partial charge on any atom is -0.341 e. The van der Waals surface area contributed by atoms with Crippen molar-refractivity contribution in [3.8, 4) is 0 Å². The molecule has 1 saturated carbocycles. The number of hydrogen-bond acceptors (Lipinski definition) is 5. The predicted molar refractivity (Wildman–Crippen MR) is 141 cm³/mol. The quantitative estimate of drug-likeness (QED) is 0.114. The Hall–Kier alpha value is -4.00. The van der Waals surface area contributed by atoms with Crippen LogP contribution in [0.3, 0.4) is 0 Å². The van der Waals surface area contributed by atoms with Crippen molar-refractivity contribution >= 4 is 39.2 Å². The topological polar surface area (TPSA) is 86.7 Å². The molecule has 3 aromatic carbocycles. The molecule has 0 atom stereocenters. The summed E-state index contributed by atoms with van der Waals surface area (Å²) in [6.45, 7) is 2.81. The van der Waals surface area contributed by atoms with E-state index in [9.17, 15) is 14.9 Å². The molecule has 0 N–H and O–H groups in total. The van der Waals surface area contributed by atoms with Crippen LogP contribution >= 0.6 is 0 Å². The number of rotatable bonds is 8. The lowest BCUT2D eigenvalue weighted by Gasteiger charge is -2.11. The van der Waals surface area contributed by atoms with E-state index < -0.39 is 5.97 Å². The lowest BCUT2D eigenvalue weighted by atomic mass is 9.96. The fraction of sp³-hybridized carbons (Fsp3) is 0.310. The summed E-state index contributed by atoms with van der Waals surface area (Å²) in [4.78, 5) is 29.0. The van der Waals surface area contributed by atoms with Crippen molar-refractivity contribution in [3.05, 3.63) is 88.0 Å². The van der Waals surface area contributed by atoms with Crippen molar-refractivity contribution in [1.82, 2.24) is 4.57 Å². The molecule has 0 aliphatic heterocycles. The van der Waals surface area contributed by atoms with Crippen molar-refractivity contribution < 1.29 is 14.6 Å². The highest BCUT2D eigenvalue weighted by molar-refractivity contribution is 6.12. The Kier molecular flexibility index (Phi) is 6.80. The zero-order chi connectivity index (χ0) is 25.1. The van der Waals surface area contributed by atoms with E-state index >= 15 is 0 Å². The van der Waals surface area contributed by atoms with Crippen LogP contribution in [0, 0.1) is 16.0 Å². The average molecular weight is 484 g/mol. The van der Waals surface area contributed by atoms with Gasteiger partial charge < -0.3 is 9.40 Å². The summed E-state index contributed by atoms with van der Waals surface area (Å²) < 4.78 is 2.16. The summed E-state index contributed by atoms with van der Waals surface area (Å²) in [5.74, 6) is 0.168. The minimum absolute atomic E-state index is 0.0648. The maximum atomic E-state index is 12.6. The van der Waals surface area contributed by atoms with Gasteiger partial charge in [0.25, 0.3) is 5.69 Å². The second-order valence-electron chi connectivity index (χ2n) is 9.41. The summed E-state index contributed by atoms with van der Waals surface area (Å²) in [5.41, 5.74) is 4.06. The average Bonchev–Trinajstić information content (AvgIpc) is 3.54. The van der Waals surface area contributed by atoms with E-state index in [1.165, 1.54) is 25.7 Å². The van der Waals surface area contributed by atoms with Gasteiger partial charge in [-0.15, -0.1) is 0 Å². The number of nitro benzene ring substituents is 1. The summed E-state index contributed by atoms with van der Waals surface area (Å²) in [6, 6.07) is 19.9. The van der Waals surface area contributed by atoms with Gasteiger partial charge in [0.1, 0.15) is 0 Å². The number of non-ortho nitro benzene ring substituents is 1. The molecule has 1 heterocycles. The van der Waals surface area contributed by atoms with Gasteiger partial charge in [0.15, 0.2) is 0 Å². The maximum absolute atomic E-state index is 12.6. The summed E-state index contributed by atoms with van der Waals surface area (Å²) in [6.07, 6.45) is 6.67. The number of carbonyl (C=O) groups is 1. The smallest absolute Gasteiger partial charge is 0.341 e. The summed E-state index contributed by atoms with van der Waals surface area (Å²) >= 11 is 0. The van der Waals surface area contributed by atoms with Crippen molar-refractivity contribution in [2.45, 2.75) is 52.0 Å². The number of aryl methyl sites for hydroxylation is 1. The molecule has 0 saturated heterocycles. The molecule has 4 aromatic rings. The standard InChI is InChI=1S/C29H29N3O4/c1-2-31-27-16-13-22(18-24(27)25-19-23(32(34)35)14-17-28(25)31)26(15-12-20-8-6-7-9-20)30-36-29(33)21-10-4-3-5-11-21/h3-5,10-11,13-14,16-20H,2,6-9,12,15H2,1H3/b30-26+. The minimum atomic E-state index is -0.492. The maximum Gasteiger partial charge on any atom is 0.365 e. The molecule has 0 spiro atoms. The normalized spacial score (nSPS) is 14.5. The van der Waals surface area contributed by atoms with Gasteiger partial charge in [-0.3, -0.25) is 10.1 Å². The Balaban J connectivity index is 1.55. The van der Waals surface area contributed by atoms with Gasteiger partial charge in [0, 0.05) is 46.0 Å². The third kappa shape index (κ3) is 4.73. The lowest BCUT2D eigenvalue weighted by molar-refractivity contribution is -0.384. The molecular weight excluding hydrogens is 454 g/mol. The zero-order valence-electron chi connectivity index (χ0n) is 20.4. The van der Waals surface area contributed by atoms with Gasteiger partial charge in [0.05, 0.1) is 16.2 Å². The summed E-state index contributed by atoms with van der Waals surface area (Å²) in [5, 5.41) is 17.5. The van der Waals surface area contributed by atoms with Crippen LogP contribution < -0.4 is 0 Å². The third-order valence-electron chi connectivity index (χ3n) is 7.22. The number of oxime groups is 1. The van der Waals surface area contributed by atoms with Crippen molar-refractivity contribution in [2.24, 2.45) is 11.1 Å². The Morgan fingerprint density at radius 1 is 1.00 bits per heavy atom. The third-order valence-corrected chi connectivity index (χ3v) is 7.22. The molecule has 1 aliphatic rings. The second kappa shape index (κ2) is 10.3. The van der Waals surface area contributed by atoms with Crippen LogP contribution in [0.1, 0.15) is 61.4 Å². The van der Waals surface area contributed by atoms with Crippen LogP contribution in [0.25, 0.3) is 21.8 Å². The predicted octanol–water partition coefficient (Wildman–Crippen LogP) is 7.25. The molecule has 1 aromatic heterocycles. The highest BCUT2D eigenvalue weighted by Gasteiger charge is 2.19. The van der Waals surface area contributed by atoms with Crippen molar-refractivity contribution in [3.63, 3.8) is 0 Å². The fourth-order valence-corrected chi connectivity index (χ4v) is 5.33. The Labute approximate surface area is 209 Å². The second-order valence-corrected chi connectivity index (χ2v) is 9.41. The van der Waals surface area contributed by atoms with E-state index in [0.29, 0.717) is 17.9 Å². The highest BCUT2D eigenvalue weighted by Crippen LogP contribution is 2.34. The van der Waals surface area contributed by atoms with Crippen molar-refractivity contribution in [1.29, 1.82) is 0 Å². The van der Waals surface area contributed by atoms with Crippen LogP contribution in [-0.4, -0.2) is 21.2 Å². The van der Waals surface area contributed by atoms with Crippen LogP contribution in [0.4, 0.5) is 5.69 Å². The van der Waals surface area contributed by atoms with E-state index in [2.05, 4.69) is 16.6 Å². The molecule has 7 heteroatoms. The first kappa shape index (κ1) is 23.7. The van der Waals surface area contributed by atoms with Gasteiger partial charge in [-0.2, -0.15) is 0 Å². The zero-order valence-corrected chi connectivity index (χ0v) is 20.4. The molecule has 184 valence electrons. The molecular formula is C29H29N3O4. The SMILES string of the molecule is CCn1c2ccc(/C(CCC3CCCC3)=N/OC(=O)c3ccccc3)cc2c2cc([N+](=O)[O-])ccc21. The first-order chi connectivity index (χ1) is 17.5. The number of nitro groups is 1. The van der Waals surface area contributed by atoms with Crippen LogP contribution in [0.5, 0.6) is 0 Å². The van der Waals surface area contributed by atoms with Crippen LogP contribution in [0.2, 0.25) is 0 Å². The largest absolute Gasteiger partial charge is 0.365 e. The molecule has 0 radical (unpaired) electrons. The van der Waals surface area contributed by atoms with E-state index in [-0.39, 0.29) is 10.6 Å². The molecule has 1 aliphatic carbocycles. The number of carbonyl (C=O) groups excluding carboxylic acids is 1. The van der Waals surface area contributed by atoms with E-state index in [1.807, 2.05) is 30.3 Å². The highest BCUT2D eigenvalue weighted by atomic mass is 16.7. The molecule has 0 unspecified atom stereocenters. The number of aromatic nitrogens is 1. The Morgan fingerprint density at radius 2 is 1.69 bits per heavy atom. The molecule has 1 fully saturated rings. The first-order valence-corrected chi connectivity index (χ1v) is 12.6.